The van der Waals surface area contributed by atoms with Crippen LogP contribution in [0, 0.1) is 5.41 Å². The minimum Gasteiger partial charge on any atom is -0.342 e. The van der Waals surface area contributed by atoms with Gasteiger partial charge in [-0.25, -0.2) is 0 Å². The molecule has 2 amide bonds. The Kier molecular flexibility index (Phi) is 6.15. The molecule has 0 aliphatic rings. The van der Waals surface area contributed by atoms with Gasteiger partial charge < -0.3 is 10.2 Å². The third-order valence-electron chi connectivity index (χ3n) is 3.98. The zero-order valence-corrected chi connectivity index (χ0v) is 14.6. The van der Waals surface area contributed by atoms with Crippen molar-refractivity contribution in [3.63, 3.8) is 0 Å². The predicted octanol–water partition coefficient (Wildman–Crippen LogP) is 3.64. The molecule has 1 aromatic rings. The van der Waals surface area contributed by atoms with Gasteiger partial charge in [0.25, 0.3) is 0 Å². The molecule has 1 rings (SSSR count). The van der Waals surface area contributed by atoms with Crippen LogP contribution in [0.15, 0.2) is 24.3 Å². The van der Waals surface area contributed by atoms with E-state index in [0.29, 0.717) is 19.0 Å². The van der Waals surface area contributed by atoms with Gasteiger partial charge in [0.2, 0.25) is 11.8 Å². The monoisotopic (exact) mass is 304 g/mol. The van der Waals surface area contributed by atoms with Crippen molar-refractivity contribution in [3.05, 3.63) is 29.8 Å². The van der Waals surface area contributed by atoms with E-state index in [4.69, 9.17) is 0 Å². The van der Waals surface area contributed by atoms with Crippen LogP contribution in [0.5, 0.6) is 0 Å². The van der Waals surface area contributed by atoms with Gasteiger partial charge in [-0.05, 0) is 45.2 Å². The summed E-state index contributed by atoms with van der Waals surface area (Å²) in [5, 5.41) is 2.93. The highest BCUT2D eigenvalue weighted by Crippen LogP contribution is 2.27. The van der Waals surface area contributed by atoms with Crippen LogP contribution in [0.2, 0.25) is 0 Å². The lowest BCUT2D eigenvalue weighted by Crippen LogP contribution is -2.47. The highest BCUT2D eigenvalue weighted by Gasteiger charge is 2.38. The number of nitrogens with zero attached hydrogens (tertiary/aromatic N) is 1. The van der Waals surface area contributed by atoms with E-state index in [2.05, 4.69) is 19.2 Å². The SMILES string of the molecule is CCN(CC)C(=O)C(C)(C)C(=O)Nc1ccccc1C(C)C. The summed E-state index contributed by atoms with van der Waals surface area (Å²) in [4.78, 5) is 26.9. The van der Waals surface area contributed by atoms with Crippen LogP contribution in [-0.4, -0.2) is 29.8 Å². The van der Waals surface area contributed by atoms with Crippen molar-refractivity contribution in [3.8, 4) is 0 Å². The fourth-order valence-electron chi connectivity index (χ4n) is 2.40. The molecule has 0 atom stereocenters. The Bertz CT molecular complexity index is 532. The second-order valence-corrected chi connectivity index (χ2v) is 6.30. The summed E-state index contributed by atoms with van der Waals surface area (Å²) in [6.45, 7) is 12.6. The van der Waals surface area contributed by atoms with E-state index in [1.165, 1.54) is 0 Å². The Morgan fingerprint density at radius 2 is 1.68 bits per heavy atom. The van der Waals surface area contributed by atoms with Gasteiger partial charge in [-0.2, -0.15) is 0 Å². The molecule has 0 fully saturated rings. The molecule has 4 nitrogen and oxygen atoms in total. The highest BCUT2D eigenvalue weighted by atomic mass is 16.2. The molecule has 0 heterocycles. The van der Waals surface area contributed by atoms with Crippen molar-refractivity contribution < 1.29 is 9.59 Å². The molecule has 0 aliphatic carbocycles. The average molecular weight is 304 g/mol. The summed E-state index contributed by atoms with van der Waals surface area (Å²) in [5.74, 6) is -0.104. The van der Waals surface area contributed by atoms with Crippen molar-refractivity contribution in [2.75, 3.05) is 18.4 Å². The molecule has 1 aromatic carbocycles. The largest absolute Gasteiger partial charge is 0.342 e. The Morgan fingerprint density at radius 3 is 2.18 bits per heavy atom. The maximum absolute atomic E-state index is 12.6. The van der Waals surface area contributed by atoms with Crippen LogP contribution in [-0.2, 0) is 9.59 Å². The molecule has 0 unspecified atom stereocenters. The second-order valence-electron chi connectivity index (χ2n) is 6.30. The van der Waals surface area contributed by atoms with Crippen LogP contribution >= 0.6 is 0 Å². The zero-order chi connectivity index (χ0) is 16.9. The molecule has 0 saturated carbocycles. The maximum atomic E-state index is 12.6. The number of hydrogen-bond acceptors (Lipinski definition) is 2. The lowest BCUT2D eigenvalue weighted by atomic mass is 9.89. The Hall–Kier alpha value is -1.84. The van der Waals surface area contributed by atoms with Gasteiger partial charge in [0.1, 0.15) is 5.41 Å². The molecule has 0 saturated heterocycles. The Morgan fingerprint density at radius 1 is 1.14 bits per heavy atom. The molecular formula is C18H28N2O2. The number of carbonyl (C=O) groups excluding carboxylic acids is 2. The summed E-state index contributed by atoms with van der Waals surface area (Å²) >= 11 is 0. The summed E-state index contributed by atoms with van der Waals surface area (Å²) in [6, 6.07) is 7.72. The molecular weight excluding hydrogens is 276 g/mol. The number of para-hydroxylation sites is 1. The van der Waals surface area contributed by atoms with E-state index in [0.717, 1.165) is 11.3 Å². The number of carbonyl (C=O) groups is 2. The minimum absolute atomic E-state index is 0.142. The molecule has 1 N–H and O–H groups in total. The first-order chi connectivity index (χ1) is 10.3. The summed E-state index contributed by atoms with van der Waals surface area (Å²) < 4.78 is 0. The van der Waals surface area contributed by atoms with Crippen LogP contribution in [0.3, 0.4) is 0 Å². The first-order valence-corrected chi connectivity index (χ1v) is 7.95. The van der Waals surface area contributed by atoms with Crippen LogP contribution < -0.4 is 5.32 Å². The third kappa shape index (κ3) is 3.87. The van der Waals surface area contributed by atoms with E-state index >= 15 is 0 Å². The average Bonchev–Trinajstić information content (AvgIpc) is 2.48. The van der Waals surface area contributed by atoms with E-state index in [9.17, 15) is 9.59 Å². The topological polar surface area (TPSA) is 49.4 Å². The van der Waals surface area contributed by atoms with Gasteiger partial charge in [0.05, 0.1) is 0 Å². The zero-order valence-electron chi connectivity index (χ0n) is 14.6. The fourth-order valence-corrected chi connectivity index (χ4v) is 2.40. The predicted molar refractivity (Wildman–Crippen MR) is 90.9 cm³/mol. The maximum Gasteiger partial charge on any atom is 0.239 e. The summed E-state index contributed by atoms with van der Waals surface area (Å²) in [7, 11) is 0. The molecule has 22 heavy (non-hydrogen) atoms. The number of amides is 2. The van der Waals surface area contributed by atoms with E-state index in [1.807, 2.05) is 38.1 Å². The number of nitrogens with one attached hydrogen (secondary N) is 1. The molecule has 0 aromatic heterocycles. The van der Waals surface area contributed by atoms with Crippen molar-refractivity contribution in [2.45, 2.75) is 47.5 Å². The van der Waals surface area contributed by atoms with Gasteiger partial charge in [-0.15, -0.1) is 0 Å². The van der Waals surface area contributed by atoms with Crippen LogP contribution in [0.25, 0.3) is 0 Å². The van der Waals surface area contributed by atoms with Gasteiger partial charge in [-0.1, -0.05) is 32.0 Å². The molecule has 0 bridgehead atoms. The van der Waals surface area contributed by atoms with Gasteiger partial charge >= 0.3 is 0 Å². The minimum atomic E-state index is -1.09. The van der Waals surface area contributed by atoms with Crippen molar-refractivity contribution >= 4 is 17.5 Å². The van der Waals surface area contributed by atoms with Crippen molar-refractivity contribution in [2.24, 2.45) is 5.41 Å². The van der Waals surface area contributed by atoms with Crippen LogP contribution in [0.4, 0.5) is 5.69 Å². The Balaban J connectivity index is 2.99. The van der Waals surface area contributed by atoms with Crippen molar-refractivity contribution in [1.82, 2.24) is 4.90 Å². The number of hydrogen-bond donors (Lipinski definition) is 1. The molecule has 4 heteroatoms. The number of rotatable bonds is 6. The molecule has 0 radical (unpaired) electrons. The normalized spacial score (nSPS) is 11.4. The van der Waals surface area contributed by atoms with Gasteiger partial charge in [0, 0.05) is 18.8 Å². The highest BCUT2D eigenvalue weighted by molar-refractivity contribution is 6.10. The van der Waals surface area contributed by atoms with E-state index < -0.39 is 5.41 Å². The Labute approximate surface area is 133 Å². The van der Waals surface area contributed by atoms with Gasteiger partial charge in [0.15, 0.2) is 0 Å². The smallest absolute Gasteiger partial charge is 0.239 e. The third-order valence-corrected chi connectivity index (χ3v) is 3.98. The summed E-state index contributed by atoms with van der Waals surface area (Å²) in [5.41, 5.74) is 0.765. The first-order valence-electron chi connectivity index (χ1n) is 7.95. The molecule has 122 valence electrons. The lowest BCUT2D eigenvalue weighted by molar-refractivity contribution is -0.146. The lowest BCUT2D eigenvalue weighted by Gasteiger charge is -2.30. The number of anilines is 1. The summed E-state index contributed by atoms with van der Waals surface area (Å²) in [6.07, 6.45) is 0. The first kappa shape index (κ1) is 18.2. The number of benzene rings is 1. The van der Waals surface area contributed by atoms with Gasteiger partial charge in [-0.3, -0.25) is 9.59 Å². The van der Waals surface area contributed by atoms with E-state index in [-0.39, 0.29) is 11.8 Å². The van der Waals surface area contributed by atoms with Crippen molar-refractivity contribution in [1.29, 1.82) is 0 Å². The standard InChI is InChI=1S/C18H28N2O2/c1-7-20(8-2)17(22)18(5,6)16(21)19-15-12-10-9-11-14(15)13(3)4/h9-13H,7-8H2,1-6H3,(H,19,21). The quantitative estimate of drug-likeness (QED) is 0.816. The second kappa shape index (κ2) is 7.43. The fraction of sp³-hybridized carbons (Fsp3) is 0.556. The molecule has 0 spiro atoms. The van der Waals surface area contributed by atoms with E-state index in [1.54, 1.807) is 18.7 Å². The van der Waals surface area contributed by atoms with Crippen LogP contribution in [0.1, 0.15) is 53.0 Å². The molecule has 0 aliphatic heterocycles.